The van der Waals surface area contributed by atoms with Crippen LogP contribution in [0.3, 0.4) is 0 Å². The summed E-state index contributed by atoms with van der Waals surface area (Å²) >= 11 is 14.1. The summed E-state index contributed by atoms with van der Waals surface area (Å²) in [6.07, 6.45) is 0. The normalized spacial score (nSPS) is 16.2. The molecule has 2 aromatic heterocycles. The molecule has 2 atom stereocenters. The molecule has 116 heavy (non-hydrogen) atoms. The fraction of sp³-hybridized carbons (Fsp3) is 0.129. The Kier molecular flexibility index (Phi) is 23.1. The maximum absolute atomic E-state index is 11.9. The minimum Gasteiger partial charge on any atom is -0.454 e. The number of rotatable bonds is 2. The predicted octanol–water partition coefficient (Wildman–Crippen LogP) is 22.7. The summed E-state index contributed by atoms with van der Waals surface area (Å²) < 4.78 is 20.1. The van der Waals surface area contributed by atoms with Gasteiger partial charge in [-0.1, -0.05) is 181 Å². The number of hydrogen-bond acceptors (Lipinski definition) is 22. The number of carbonyl (C=O) groups is 9. The third kappa shape index (κ3) is 15.9. The van der Waals surface area contributed by atoms with Crippen molar-refractivity contribution in [1.82, 2.24) is 4.57 Å². The molecule has 0 bridgehead atoms. The van der Waals surface area contributed by atoms with Crippen LogP contribution in [0.5, 0.6) is 11.5 Å². The van der Waals surface area contributed by atoms with Gasteiger partial charge in [0.05, 0.1) is 34.5 Å². The molecule has 0 fully saturated rings. The van der Waals surface area contributed by atoms with Gasteiger partial charge in [0.25, 0.3) is 0 Å². The van der Waals surface area contributed by atoms with Crippen molar-refractivity contribution in [1.29, 1.82) is 0 Å². The molecule has 9 aliphatic heterocycles. The molecule has 0 saturated carbocycles. The van der Waals surface area contributed by atoms with Crippen molar-refractivity contribution >= 4 is 232 Å². The zero-order valence-corrected chi connectivity index (χ0v) is 69.2. The van der Waals surface area contributed by atoms with Gasteiger partial charge in [0.1, 0.15) is 0 Å². The Hall–Kier alpha value is -10.2. The third-order valence-corrected chi connectivity index (χ3v) is 29.9. The maximum atomic E-state index is 11.9. The van der Waals surface area contributed by atoms with E-state index in [1.54, 1.807) is 112 Å². The van der Waals surface area contributed by atoms with Crippen molar-refractivity contribution in [3.63, 3.8) is 0 Å². The molecule has 9 aliphatic rings. The Morgan fingerprint density at radius 2 is 0.862 bits per heavy atom. The van der Waals surface area contributed by atoms with Crippen molar-refractivity contribution in [2.24, 2.45) is 0 Å². The highest BCUT2D eigenvalue weighted by molar-refractivity contribution is 8.02. The lowest BCUT2D eigenvalue weighted by Crippen LogP contribution is -2.18. The second-order valence-electron chi connectivity index (χ2n) is 27.3. The quantitative estimate of drug-likeness (QED) is 0.160. The molecule has 13 aromatic carbocycles. The van der Waals surface area contributed by atoms with E-state index in [1.807, 2.05) is 109 Å². The molecule has 0 radical (unpaired) electrons. The van der Waals surface area contributed by atoms with Gasteiger partial charge in [-0.25, -0.2) is 0 Å². The number of aliphatic hydroxyl groups excluding tert-OH is 1. The molecule has 23 heteroatoms. The molecule has 0 spiro atoms. The number of aryl methyl sites for hydroxylation is 1. The Morgan fingerprint density at radius 1 is 0.379 bits per heavy atom. The number of carbonyl (C=O) groups excluding carboxylic acids is 9. The summed E-state index contributed by atoms with van der Waals surface area (Å²) in [7, 11) is 0. The fourth-order valence-electron chi connectivity index (χ4n) is 14.6. The highest BCUT2D eigenvalue weighted by Crippen LogP contribution is 2.46. The van der Waals surface area contributed by atoms with Crippen molar-refractivity contribution in [2.45, 2.75) is 70.4 Å². The number of fused-ring (bicyclic) bond motifs is 20. The first kappa shape index (κ1) is 78.4. The SMILES string of the molecule is CC(=O)OC1Sc2ccccc2C1=O.CCn1c2ccccc2c2cc3c(cc21)C(=O)CS3.O=C1CSc2c1ccc1ccccc21.O=C1CSc2cc3c(cc21)OCO3.O=C1CSc2cc3c(cc21)sc1ccccc13.O=C1CSc2cc3ccccc3cc21.O=C1CSc2ccc3ccccc3c21.O=C1c2ccccc2SC1O. The van der Waals surface area contributed by atoms with Gasteiger partial charge in [0, 0.05) is 139 Å². The van der Waals surface area contributed by atoms with E-state index in [1.165, 1.54) is 88.6 Å². The predicted molar refractivity (Wildman–Crippen MR) is 474 cm³/mol. The van der Waals surface area contributed by atoms with Crippen molar-refractivity contribution in [3.05, 3.63) is 287 Å². The van der Waals surface area contributed by atoms with Crippen molar-refractivity contribution in [3.8, 4) is 11.5 Å². The van der Waals surface area contributed by atoms with Crippen LogP contribution in [0.15, 0.2) is 282 Å². The Bertz CT molecular complexity index is 6630. The molecule has 14 nitrogen and oxygen atoms in total. The molecule has 24 rings (SSSR count). The summed E-state index contributed by atoms with van der Waals surface area (Å²) in [6, 6.07) is 80.2. The number of benzene rings is 13. The first-order valence-corrected chi connectivity index (χ1v) is 45.4. The average Bonchev–Trinajstić information content (AvgIpc) is 1.60. The highest BCUT2D eigenvalue weighted by Gasteiger charge is 2.35. The summed E-state index contributed by atoms with van der Waals surface area (Å²) in [5.41, 5.74) is 7.44. The van der Waals surface area contributed by atoms with Gasteiger partial charge in [0.15, 0.2) is 51.6 Å². The van der Waals surface area contributed by atoms with E-state index in [4.69, 9.17) is 19.3 Å². The van der Waals surface area contributed by atoms with Gasteiger partial charge in [-0.3, -0.25) is 43.2 Å². The number of ether oxygens (including phenoxy) is 3. The highest BCUT2D eigenvalue weighted by atomic mass is 32.2. The van der Waals surface area contributed by atoms with Crippen LogP contribution in [-0.2, 0) is 16.1 Å². The Balaban J connectivity index is 0.0000000958. The molecule has 2 unspecified atom stereocenters. The largest absolute Gasteiger partial charge is 0.454 e. The number of aromatic nitrogens is 1. The maximum Gasteiger partial charge on any atom is 0.304 e. The van der Waals surface area contributed by atoms with E-state index < -0.39 is 16.8 Å². The number of thiophene rings is 1. The van der Waals surface area contributed by atoms with Gasteiger partial charge in [-0.2, -0.15) is 0 Å². The minimum atomic E-state index is -0.882. The number of hydrogen-bond donors (Lipinski definition) is 1. The third-order valence-electron chi connectivity index (χ3n) is 20.2. The Morgan fingerprint density at radius 3 is 1.53 bits per heavy atom. The molecule has 11 heterocycles. The van der Waals surface area contributed by atoms with Crippen LogP contribution in [0.25, 0.3) is 74.3 Å². The number of esters is 1. The number of nitrogens with zero attached hydrogens (tertiary/aromatic N) is 1. The van der Waals surface area contributed by atoms with Crippen LogP contribution in [0, 0.1) is 0 Å². The number of thioether (sulfide) groups is 8. The van der Waals surface area contributed by atoms with Gasteiger partial charge in [-0.15, -0.1) is 81.9 Å². The zero-order valence-electron chi connectivity index (χ0n) is 61.9. The summed E-state index contributed by atoms with van der Waals surface area (Å²) in [5.74, 6) is 5.74. The van der Waals surface area contributed by atoms with Crippen LogP contribution in [0.1, 0.15) is 96.7 Å². The van der Waals surface area contributed by atoms with Gasteiger partial charge >= 0.3 is 5.97 Å². The lowest BCUT2D eigenvalue weighted by atomic mass is 10.0. The standard InChI is InChI=1S/C16H13NOS.C14H8OS2.3C12H8OS.C10H8O3S.C9H6O3S.C8H6O2S/c1-2-17-13-6-4-3-5-10(13)11-8-16-12(7-14(11)17)15(18)9-19-16;15-11-7-16-13-5-9-8-3-1-2-4-12(8)17-14(9)6-10(11)13;13-11-7-14-12-6-9-4-2-1-3-8(9)5-10(11)12;13-10-7-14-11-6-5-8-3-1-2-4-9(8)12(10)11;13-11-7-14-12-9-4-2-1-3-8(9)5-6-10(11)12;1-6(11)13-10-9(12)7-4-2-3-5-8(7)14-10;10-6-3-13-9-2-8-7(1-5(6)9)11-4-12-8;9-7-5-3-1-2-4-6(5)11-8(7)10/h3-8H,2,9H2,1H3;1-6H,7H2;3*1-6H,7H2;2-5,10H,1H3;1-2H,3-4H2;1-4,8,10H. The van der Waals surface area contributed by atoms with Crippen LogP contribution >= 0.6 is 105 Å². The molecule has 0 saturated heterocycles. The van der Waals surface area contributed by atoms with E-state index in [0.29, 0.717) is 51.4 Å². The molecule has 15 aromatic rings. The van der Waals surface area contributed by atoms with Crippen LogP contribution in [0.4, 0.5) is 0 Å². The van der Waals surface area contributed by atoms with E-state index in [0.717, 1.165) is 101 Å². The second kappa shape index (κ2) is 34.2. The molecular formula is C93H65NO13S9. The fourth-order valence-corrected chi connectivity index (χ4v) is 23.7. The molecule has 1 N–H and O–H groups in total. The van der Waals surface area contributed by atoms with E-state index in [9.17, 15) is 43.2 Å². The molecule has 0 amide bonds. The topological polar surface area (TPSA) is 206 Å². The zero-order chi connectivity index (χ0) is 79.8. The van der Waals surface area contributed by atoms with Crippen LogP contribution < -0.4 is 9.47 Å². The number of para-hydroxylation sites is 1. The smallest absolute Gasteiger partial charge is 0.304 e. The lowest BCUT2D eigenvalue weighted by molar-refractivity contribution is -0.141. The summed E-state index contributed by atoms with van der Waals surface area (Å²) in [6.45, 7) is 4.63. The molecule has 0 aliphatic carbocycles. The summed E-state index contributed by atoms with van der Waals surface area (Å²) in [4.78, 5) is 112. The number of Topliss-reactive ketones (excluding diaryl/α,β-unsaturated/α-hetero) is 8. The van der Waals surface area contributed by atoms with Gasteiger partial charge < -0.3 is 23.9 Å². The number of ketones is 8. The minimum absolute atomic E-state index is 0.124. The van der Waals surface area contributed by atoms with E-state index >= 15 is 0 Å². The first-order valence-electron chi connectivity index (χ1n) is 36.9. The summed E-state index contributed by atoms with van der Waals surface area (Å²) in [5, 5.41) is 21.3. The van der Waals surface area contributed by atoms with Crippen molar-refractivity contribution < 1.29 is 62.5 Å². The van der Waals surface area contributed by atoms with Gasteiger partial charge in [-0.05, 0) is 124 Å². The molecule has 574 valence electrons. The van der Waals surface area contributed by atoms with Crippen LogP contribution in [0.2, 0.25) is 0 Å². The first-order chi connectivity index (χ1) is 56.5. The van der Waals surface area contributed by atoms with E-state index in [2.05, 4.69) is 115 Å². The van der Waals surface area contributed by atoms with Crippen LogP contribution in [-0.4, -0.2) is 114 Å². The lowest BCUT2D eigenvalue weighted by Gasteiger charge is -2.05. The second-order valence-corrected chi connectivity index (χ2v) is 36.7. The van der Waals surface area contributed by atoms with E-state index in [-0.39, 0.29) is 53.1 Å². The number of aliphatic hydroxyl groups is 1. The van der Waals surface area contributed by atoms with Crippen molar-refractivity contribution in [2.75, 3.05) is 41.3 Å². The van der Waals surface area contributed by atoms with Gasteiger partial charge in [0.2, 0.25) is 23.8 Å². The monoisotopic (exact) mass is 1690 g/mol. The molecular weight excluding hydrogens is 1630 g/mol. The average molecular weight is 1690 g/mol. The Labute approximate surface area is 703 Å².